The summed E-state index contributed by atoms with van der Waals surface area (Å²) in [6, 6.07) is 15.3. The lowest BCUT2D eigenvalue weighted by Crippen LogP contribution is -2.50. The van der Waals surface area contributed by atoms with Gasteiger partial charge in [0.15, 0.2) is 0 Å². The fourth-order valence-electron chi connectivity index (χ4n) is 3.56. The second kappa shape index (κ2) is 6.54. The van der Waals surface area contributed by atoms with Gasteiger partial charge in [-0.25, -0.2) is 0 Å². The molecule has 24 heavy (non-hydrogen) atoms. The van der Waals surface area contributed by atoms with Crippen molar-refractivity contribution in [2.24, 2.45) is 0 Å². The number of fused-ring (bicyclic) bond motifs is 1. The topological polar surface area (TPSA) is 41.6 Å². The number of nitrogens with zero attached hydrogens (tertiary/aromatic N) is 1. The highest BCUT2D eigenvalue weighted by molar-refractivity contribution is 5.84. The Labute approximate surface area is 142 Å². The van der Waals surface area contributed by atoms with Crippen LogP contribution in [0.15, 0.2) is 42.5 Å². The van der Waals surface area contributed by atoms with Crippen molar-refractivity contribution in [2.45, 2.75) is 38.0 Å². The molecule has 2 aromatic carbocycles. The molecule has 4 nitrogen and oxygen atoms in total. The van der Waals surface area contributed by atoms with Gasteiger partial charge in [-0.05, 0) is 42.2 Å². The lowest BCUT2D eigenvalue weighted by Gasteiger charge is -2.34. The number of nitrogens with one attached hydrogen (secondary N) is 1. The van der Waals surface area contributed by atoms with Gasteiger partial charge in [0.05, 0.1) is 12.6 Å². The van der Waals surface area contributed by atoms with Crippen molar-refractivity contribution in [3.8, 4) is 0 Å². The van der Waals surface area contributed by atoms with Gasteiger partial charge in [0.2, 0.25) is 0 Å². The van der Waals surface area contributed by atoms with Crippen LogP contribution in [0, 0.1) is 0 Å². The summed E-state index contributed by atoms with van der Waals surface area (Å²) in [6.07, 6.45) is 1.86. The van der Waals surface area contributed by atoms with Crippen LogP contribution in [0.25, 0.3) is 10.8 Å². The van der Waals surface area contributed by atoms with E-state index < -0.39 is 0 Å². The summed E-state index contributed by atoms with van der Waals surface area (Å²) in [7, 11) is 0. The van der Waals surface area contributed by atoms with Crippen molar-refractivity contribution in [1.82, 2.24) is 10.2 Å². The third-order valence-corrected chi connectivity index (χ3v) is 5.07. The first-order chi connectivity index (χ1) is 11.7. The van der Waals surface area contributed by atoms with Crippen molar-refractivity contribution < 1.29 is 9.53 Å². The number of carbonyl (C=O) groups excluding carboxylic acids is 1. The average Bonchev–Trinajstić information content (AvgIpc) is 3.47. The van der Waals surface area contributed by atoms with Gasteiger partial charge in [-0.2, -0.15) is 0 Å². The molecule has 1 saturated carbocycles. The molecule has 0 radical (unpaired) electrons. The molecule has 0 unspecified atom stereocenters. The van der Waals surface area contributed by atoms with Gasteiger partial charge in [0, 0.05) is 19.1 Å². The summed E-state index contributed by atoms with van der Waals surface area (Å²) in [5.74, 6) is 0.130. The molecule has 126 valence electrons. The van der Waals surface area contributed by atoms with E-state index in [1.807, 2.05) is 0 Å². The third kappa shape index (κ3) is 3.04. The molecule has 2 atom stereocenters. The van der Waals surface area contributed by atoms with Gasteiger partial charge < -0.3 is 15.0 Å². The highest BCUT2D eigenvalue weighted by Gasteiger charge is 2.39. The van der Waals surface area contributed by atoms with Crippen LogP contribution in [0.4, 0.5) is 0 Å². The zero-order chi connectivity index (χ0) is 16.5. The summed E-state index contributed by atoms with van der Waals surface area (Å²) in [6.45, 7) is 4.19. The quantitative estimate of drug-likeness (QED) is 0.940. The number of carbonyl (C=O) groups is 1. The Bertz CT molecular complexity index is 735. The molecule has 1 N–H and O–H groups in total. The van der Waals surface area contributed by atoms with E-state index in [1.165, 1.54) is 16.3 Å². The lowest BCUT2D eigenvalue weighted by molar-refractivity contribution is -0.148. The second-order valence-corrected chi connectivity index (χ2v) is 6.82. The normalized spacial score (nSPS) is 22.3. The van der Waals surface area contributed by atoms with E-state index in [2.05, 4.69) is 59.6 Å². The van der Waals surface area contributed by atoms with Crippen molar-refractivity contribution in [2.75, 3.05) is 19.7 Å². The molecule has 1 aliphatic carbocycles. The van der Waals surface area contributed by atoms with Crippen LogP contribution >= 0.6 is 0 Å². The standard InChI is InChI=1S/C20H24N2O2/c1-14(16-7-6-15-4-2-3-5-17(15)12-16)22(18-8-9-18)20(23)19-13-21-10-11-24-19/h2-7,12,14,18-19,21H,8-11,13H2,1H3/t14-,19-/m1/s1. The fourth-order valence-corrected chi connectivity index (χ4v) is 3.56. The molecular weight excluding hydrogens is 300 g/mol. The summed E-state index contributed by atoms with van der Waals surface area (Å²) in [5, 5.41) is 5.72. The average molecular weight is 324 g/mol. The SMILES string of the molecule is C[C@H](c1ccc2ccccc2c1)N(C(=O)[C@H]1CNCCO1)C1CC1. The molecule has 1 saturated heterocycles. The zero-order valence-corrected chi connectivity index (χ0v) is 14.1. The number of ether oxygens (including phenoxy) is 1. The highest BCUT2D eigenvalue weighted by atomic mass is 16.5. The van der Waals surface area contributed by atoms with E-state index in [0.717, 1.165) is 19.4 Å². The van der Waals surface area contributed by atoms with E-state index in [-0.39, 0.29) is 18.1 Å². The Balaban J connectivity index is 1.60. The molecule has 0 spiro atoms. The van der Waals surface area contributed by atoms with Gasteiger partial charge in [0.1, 0.15) is 6.10 Å². The van der Waals surface area contributed by atoms with Crippen molar-refractivity contribution in [1.29, 1.82) is 0 Å². The minimum atomic E-state index is -0.345. The van der Waals surface area contributed by atoms with E-state index >= 15 is 0 Å². The maximum atomic E-state index is 13.0. The molecule has 2 aliphatic rings. The Morgan fingerprint density at radius 3 is 2.71 bits per heavy atom. The molecule has 1 amide bonds. The Kier molecular flexibility index (Phi) is 4.25. The first-order valence-electron chi connectivity index (χ1n) is 8.87. The van der Waals surface area contributed by atoms with E-state index in [1.54, 1.807) is 0 Å². The summed E-state index contributed by atoms with van der Waals surface area (Å²) in [4.78, 5) is 15.1. The predicted octanol–water partition coefficient (Wildman–Crippen LogP) is 2.88. The largest absolute Gasteiger partial charge is 0.366 e. The third-order valence-electron chi connectivity index (χ3n) is 5.07. The molecule has 1 heterocycles. The minimum Gasteiger partial charge on any atom is -0.366 e. The van der Waals surface area contributed by atoms with Crippen LogP contribution in [0.5, 0.6) is 0 Å². The zero-order valence-electron chi connectivity index (χ0n) is 14.1. The van der Waals surface area contributed by atoms with Crippen LogP contribution in [-0.4, -0.2) is 42.6 Å². The smallest absolute Gasteiger partial charge is 0.253 e. The number of amides is 1. The number of hydrogen-bond acceptors (Lipinski definition) is 3. The maximum absolute atomic E-state index is 13.0. The Morgan fingerprint density at radius 1 is 1.21 bits per heavy atom. The number of morpholine rings is 1. The molecule has 0 aromatic heterocycles. The van der Waals surface area contributed by atoms with Crippen molar-refractivity contribution in [3.63, 3.8) is 0 Å². The summed E-state index contributed by atoms with van der Waals surface area (Å²) < 4.78 is 5.70. The second-order valence-electron chi connectivity index (χ2n) is 6.82. The fraction of sp³-hybridized carbons (Fsp3) is 0.450. The Morgan fingerprint density at radius 2 is 2.00 bits per heavy atom. The predicted molar refractivity (Wildman–Crippen MR) is 94.8 cm³/mol. The van der Waals surface area contributed by atoms with E-state index in [4.69, 9.17) is 4.74 Å². The van der Waals surface area contributed by atoms with Gasteiger partial charge >= 0.3 is 0 Å². The van der Waals surface area contributed by atoms with E-state index in [0.29, 0.717) is 19.2 Å². The van der Waals surface area contributed by atoms with Crippen LogP contribution in [0.1, 0.15) is 31.4 Å². The molecule has 0 bridgehead atoms. The van der Waals surface area contributed by atoms with Gasteiger partial charge in [-0.1, -0.05) is 36.4 Å². The first-order valence-corrected chi connectivity index (χ1v) is 8.87. The number of rotatable bonds is 4. The Hall–Kier alpha value is -1.91. The summed E-state index contributed by atoms with van der Waals surface area (Å²) >= 11 is 0. The lowest BCUT2D eigenvalue weighted by atomic mass is 10.0. The first kappa shape index (κ1) is 15.6. The van der Waals surface area contributed by atoms with Gasteiger partial charge in [-0.3, -0.25) is 4.79 Å². The van der Waals surface area contributed by atoms with Crippen LogP contribution in [0.3, 0.4) is 0 Å². The molecule has 2 aromatic rings. The molecular formula is C20H24N2O2. The van der Waals surface area contributed by atoms with E-state index in [9.17, 15) is 4.79 Å². The number of benzene rings is 2. The number of hydrogen-bond donors (Lipinski definition) is 1. The summed E-state index contributed by atoms with van der Waals surface area (Å²) in [5.41, 5.74) is 1.19. The van der Waals surface area contributed by atoms with Crippen LogP contribution < -0.4 is 5.32 Å². The van der Waals surface area contributed by atoms with Crippen molar-refractivity contribution >= 4 is 16.7 Å². The molecule has 4 heteroatoms. The monoisotopic (exact) mass is 324 g/mol. The van der Waals surface area contributed by atoms with Gasteiger partial charge in [-0.15, -0.1) is 0 Å². The minimum absolute atomic E-state index is 0.0696. The van der Waals surface area contributed by atoms with Gasteiger partial charge in [0.25, 0.3) is 5.91 Å². The molecule has 2 fully saturated rings. The highest BCUT2D eigenvalue weighted by Crippen LogP contribution is 2.36. The van der Waals surface area contributed by atoms with Crippen LogP contribution in [-0.2, 0) is 9.53 Å². The van der Waals surface area contributed by atoms with Crippen LogP contribution in [0.2, 0.25) is 0 Å². The van der Waals surface area contributed by atoms with Crippen molar-refractivity contribution in [3.05, 3.63) is 48.0 Å². The molecule has 1 aliphatic heterocycles. The maximum Gasteiger partial charge on any atom is 0.253 e. The molecule has 4 rings (SSSR count).